The maximum atomic E-state index is 12.0. The first kappa shape index (κ1) is 16.5. The molecule has 0 saturated carbocycles. The number of aromatic carboxylic acids is 1. The normalized spacial score (nSPS) is 11.7. The lowest BCUT2D eigenvalue weighted by atomic mass is 10.1. The van der Waals surface area contributed by atoms with Crippen molar-refractivity contribution in [3.63, 3.8) is 0 Å². The van der Waals surface area contributed by atoms with Gasteiger partial charge in [-0.2, -0.15) is 0 Å². The number of hydrogen-bond acceptors (Lipinski definition) is 4. The first-order valence-corrected chi connectivity index (χ1v) is 7.13. The standard InChI is InChI=1S/C17H18N2O4/c18-14(11-5-2-1-3-6-11)16(21)19-10-9-12-7-4-8-13(15(12)20)17(22)23/h1-8,14,20H,9-10,18H2,(H,19,21)(H,22,23)/t14-/m0/s1. The van der Waals surface area contributed by atoms with Gasteiger partial charge in [0.25, 0.3) is 0 Å². The predicted molar refractivity (Wildman–Crippen MR) is 85.2 cm³/mol. The molecule has 2 rings (SSSR count). The van der Waals surface area contributed by atoms with Gasteiger partial charge in [0.05, 0.1) is 0 Å². The van der Waals surface area contributed by atoms with Crippen molar-refractivity contribution in [3.8, 4) is 5.75 Å². The molecule has 6 nitrogen and oxygen atoms in total. The minimum absolute atomic E-state index is 0.158. The number of carbonyl (C=O) groups is 2. The van der Waals surface area contributed by atoms with E-state index in [1.165, 1.54) is 6.07 Å². The topological polar surface area (TPSA) is 113 Å². The molecule has 0 spiro atoms. The summed E-state index contributed by atoms with van der Waals surface area (Å²) in [4.78, 5) is 23.0. The number of phenols is 1. The van der Waals surface area contributed by atoms with Crippen LogP contribution in [0.5, 0.6) is 5.75 Å². The van der Waals surface area contributed by atoms with Gasteiger partial charge in [-0.1, -0.05) is 42.5 Å². The Kier molecular flexibility index (Phi) is 5.32. The lowest BCUT2D eigenvalue weighted by Crippen LogP contribution is -2.35. The molecule has 0 unspecified atom stereocenters. The number of carbonyl (C=O) groups excluding carboxylic acids is 1. The molecule has 0 radical (unpaired) electrons. The maximum absolute atomic E-state index is 12.0. The number of hydrogen-bond donors (Lipinski definition) is 4. The zero-order chi connectivity index (χ0) is 16.8. The summed E-state index contributed by atoms with van der Waals surface area (Å²) in [6.07, 6.45) is 0.306. The molecular weight excluding hydrogens is 296 g/mol. The van der Waals surface area contributed by atoms with Gasteiger partial charge < -0.3 is 21.3 Å². The van der Waals surface area contributed by atoms with Crippen LogP contribution in [0.3, 0.4) is 0 Å². The third kappa shape index (κ3) is 4.08. The fraction of sp³-hybridized carbons (Fsp3) is 0.176. The van der Waals surface area contributed by atoms with E-state index >= 15 is 0 Å². The van der Waals surface area contributed by atoms with Crippen molar-refractivity contribution >= 4 is 11.9 Å². The largest absolute Gasteiger partial charge is 0.507 e. The van der Waals surface area contributed by atoms with Gasteiger partial charge in [0.15, 0.2) is 0 Å². The molecule has 0 fully saturated rings. The smallest absolute Gasteiger partial charge is 0.339 e. The van der Waals surface area contributed by atoms with Gasteiger partial charge in [-0.3, -0.25) is 4.79 Å². The van der Waals surface area contributed by atoms with Crippen LogP contribution in [0.15, 0.2) is 48.5 Å². The van der Waals surface area contributed by atoms with E-state index in [9.17, 15) is 14.7 Å². The average Bonchev–Trinajstić information content (AvgIpc) is 2.56. The quantitative estimate of drug-likeness (QED) is 0.644. The summed E-state index contributed by atoms with van der Waals surface area (Å²) in [7, 11) is 0. The molecule has 6 heteroatoms. The molecule has 1 amide bonds. The van der Waals surface area contributed by atoms with E-state index in [0.717, 1.165) is 0 Å². The number of benzene rings is 2. The first-order valence-electron chi connectivity index (χ1n) is 7.13. The minimum Gasteiger partial charge on any atom is -0.507 e. The van der Waals surface area contributed by atoms with Crippen molar-refractivity contribution in [1.82, 2.24) is 5.32 Å². The molecule has 0 heterocycles. The highest BCUT2D eigenvalue weighted by molar-refractivity contribution is 5.91. The van der Waals surface area contributed by atoms with Gasteiger partial charge in [-0.15, -0.1) is 0 Å². The van der Waals surface area contributed by atoms with Crippen molar-refractivity contribution < 1.29 is 19.8 Å². The second kappa shape index (κ2) is 7.42. The van der Waals surface area contributed by atoms with E-state index in [-0.39, 0.29) is 23.8 Å². The Morgan fingerprint density at radius 2 is 1.78 bits per heavy atom. The molecule has 2 aromatic rings. The summed E-state index contributed by atoms with van der Waals surface area (Å²) < 4.78 is 0. The van der Waals surface area contributed by atoms with Gasteiger partial charge in [-0.25, -0.2) is 4.79 Å². The minimum atomic E-state index is -1.19. The molecule has 2 aromatic carbocycles. The second-order valence-corrected chi connectivity index (χ2v) is 5.05. The number of aromatic hydroxyl groups is 1. The molecule has 0 aliphatic carbocycles. The van der Waals surface area contributed by atoms with Crippen molar-refractivity contribution in [2.45, 2.75) is 12.5 Å². The average molecular weight is 314 g/mol. The molecule has 1 atom stereocenters. The summed E-state index contributed by atoms with van der Waals surface area (Å²) in [5.74, 6) is -1.80. The van der Waals surface area contributed by atoms with Crippen LogP contribution in [0.25, 0.3) is 0 Å². The highest BCUT2D eigenvalue weighted by Gasteiger charge is 2.16. The molecule has 5 N–H and O–H groups in total. The molecule has 0 aliphatic heterocycles. The van der Waals surface area contributed by atoms with Crippen LogP contribution in [0.2, 0.25) is 0 Å². The Morgan fingerprint density at radius 3 is 2.43 bits per heavy atom. The Morgan fingerprint density at radius 1 is 1.09 bits per heavy atom. The number of para-hydroxylation sites is 1. The number of nitrogens with one attached hydrogen (secondary N) is 1. The number of rotatable bonds is 6. The van der Waals surface area contributed by atoms with E-state index in [1.54, 1.807) is 36.4 Å². The highest BCUT2D eigenvalue weighted by Crippen LogP contribution is 2.22. The van der Waals surface area contributed by atoms with E-state index in [0.29, 0.717) is 17.5 Å². The Balaban J connectivity index is 1.94. The fourth-order valence-corrected chi connectivity index (χ4v) is 2.21. The number of carboxylic acids is 1. The van der Waals surface area contributed by atoms with Crippen molar-refractivity contribution in [2.24, 2.45) is 5.73 Å². The molecule has 23 heavy (non-hydrogen) atoms. The summed E-state index contributed by atoms with van der Waals surface area (Å²) in [5, 5.41) is 21.5. The lowest BCUT2D eigenvalue weighted by Gasteiger charge is -2.13. The highest BCUT2D eigenvalue weighted by atomic mass is 16.4. The maximum Gasteiger partial charge on any atom is 0.339 e. The molecule has 0 saturated heterocycles. The summed E-state index contributed by atoms with van der Waals surface area (Å²) in [6, 6.07) is 12.7. The van der Waals surface area contributed by atoms with Crippen LogP contribution in [0.1, 0.15) is 27.5 Å². The molecule has 0 bridgehead atoms. The third-order valence-electron chi connectivity index (χ3n) is 3.48. The van der Waals surface area contributed by atoms with Gasteiger partial charge in [-0.05, 0) is 23.6 Å². The molecular formula is C17H18N2O4. The number of nitrogens with two attached hydrogens (primary N) is 1. The van der Waals surface area contributed by atoms with E-state index in [2.05, 4.69) is 5.32 Å². The molecule has 0 aliphatic rings. The van der Waals surface area contributed by atoms with Crippen molar-refractivity contribution in [2.75, 3.05) is 6.54 Å². The zero-order valence-corrected chi connectivity index (χ0v) is 12.4. The number of carboxylic acid groups (broad SMARTS) is 1. The summed E-state index contributed by atoms with van der Waals surface area (Å²) in [6.45, 7) is 0.246. The molecule has 0 aromatic heterocycles. The van der Waals surface area contributed by atoms with E-state index < -0.39 is 12.0 Å². The molecule has 120 valence electrons. The SMILES string of the molecule is N[C@H](C(=O)NCCc1cccc(C(=O)O)c1O)c1ccccc1. The predicted octanol–water partition coefficient (Wildman–Crippen LogP) is 1.45. The van der Waals surface area contributed by atoms with Gasteiger partial charge in [0.1, 0.15) is 17.4 Å². The van der Waals surface area contributed by atoms with Crippen LogP contribution in [-0.2, 0) is 11.2 Å². The van der Waals surface area contributed by atoms with Crippen LogP contribution >= 0.6 is 0 Å². The van der Waals surface area contributed by atoms with Crippen LogP contribution in [0, 0.1) is 0 Å². The van der Waals surface area contributed by atoms with Crippen LogP contribution in [0.4, 0.5) is 0 Å². The van der Waals surface area contributed by atoms with Crippen LogP contribution in [-0.4, -0.2) is 28.6 Å². The Labute approximate surface area is 133 Å². The van der Waals surface area contributed by atoms with Crippen molar-refractivity contribution in [1.29, 1.82) is 0 Å². The fourth-order valence-electron chi connectivity index (χ4n) is 2.21. The second-order valence-electron chi connectivity index (χ2n) is 5.05. The van der Waals surface area contributed by atoms with Gasteiger partial charge in [0, 0.05) is 6.54 Å². The number of amides is 1. The zero-order valence-electron chi connectivity index (χ0n) is 12.4. The van der Waals surface area contributed by atoms with Gasteiger partial charge in [0.2, 0.25) is 5.91 Å². The first-order chi connectivity index (χ1) is 11.0. The van der Waals surface area contributed by atoms with Crippen LogP contribution < -0.4 is 11.1 Å². The Hall–Kier alpha value is -2.86. The summed E-state index contributed by atoms with van der Waals surface area (Å²) in [5.41, 5.74) is 6.88. The monoisotopic (exact) mass is 314 g/mol. The van der Waals surface area contributed by atoms with E-state index in [4.69, 9.17) is 10.8 Å². The van der Waals surface area contributed by atoms with Crippen molar-refractivity contribution in [3.05, 3.63) is 65.2 Å². The third-order valence-corrected chi connectivity index (χ3v) is 3.48. The lowest BCUT2D eigenvalue weighted by molar-refractivity contribution is -0.122. The summed E-state index contributed by atoms with van der Waals surface area (Å²) >= 11 is 0. The van der Waals surface area contributed by atoms with Gasteiger partial charge >= 0.3 is 5.97 Å². The van der Waals surface area contributed by atoms with E-state index in [1.807, 2.05) is 6.07 Å². The Bertz CT molecular complexity index is 701.